The highest BCUT2D eigenvalue weighted by Gasteiger charge is 2.22. The molecule has 10 rings (SSSR count). The summed E-state index contributed by atoms with van der Waals surface area (Å²) in [4.78, 5) is 20.3. The molecule has 3 aromatic heterocycles. The van der Waals surface area contributed by atoms with Crippen molar-refractivity contribution < 1.29 is 8.83 Å². The third-order valence-electron chi connectivity index (χ3n) is 9.40. The molecule has 0 fully saturated rings. The van der Waals surface area contributed by atoms with Crippen molar-refractivity contribution in [3.8, 4) is 67.9 Å². The highest BCUT2D eigenvalue weighted by atomic mass is 16.3. The molecular formula is C46H28N4O2. The lowest BCUT2D eigenvalue weighted by atomic mass is 10.0. The summed E-state index contributed by atoms with van der Waals surface area (Å²) in [6.07, 6.45) is 0. The molecule has 0 unspecified atom stereocenters. The fourth-order valence-corrected chi connectivity index (χ4v) is 6.88. The fraction of sp³-hybridized carbons (Fsp3) is 0. The van der Waals surface area contributed by atoms with Crippen molar-refractivity contribution in [2.45, 2.75) is 0 Å². The molecule has 0 saturated carbocycles. The Labute approximate surface area is 298 Å². The number of fused-ring (bicyclic) bond motifs is 4. The summed E-state index contributed by atoms with van der Waals surface area (Å²) in [6.45, 7) is 0. The minimum Gasteiger partial charge on any atom is -0.456 e. The van der Waals surface area contributed by atoms with E-state index in [1.807, 2.05) is 109 Å². The van der Waals surface area contributed by atoms with Crippen LogP contribution in [0.3, 0.4) is 0 Å². The van der Waals surface area contributed by atoms with E-state index in [1.165, 1.54) is 0 Å². The summed E-state index contributed by atoms with van der Waals surface area (Å²) in [5.74, 6) is 2.22. The van der Waals surface area contributed by atoms with Crippen LogP contribution < -0.4 is 0 Å². The smallest absolute Gasteiger partial charge is 0.228 e. The molecule has 6 heteroatoms. The summed E-state index contributed by atoms with van der Waals surface area (Å²) in [7, 11) is 0. The van der Waals surface area contributed by atoms with Gasteiger partial charge in [0.15, 0.2) is 23.1 Å². The highest BCUT2D eigenvalue weighted by Crippen LogP contribution is 2.42. The number of para-hydroxylation sites is 2. The highest BCUT2D eigenvalue weighted by molar-refractivity contribution is 6.17. The van der Waals surface area contributed by atoms with Crippen molar-refractivity contribution in [3.63, 3.8) is 0 Å². The van der Waals surface area contributed by atoms with Gasteiger partial charge in [-0.25, -0.2) is 19.9 Å². The van der Waals surface area contributed by atoms with E-state index < -0.39 is 0 Å². The average molecular weight is 669 g/mol. The molecule has 52 heavy (non-hydrogen) atoms. The molecular weight excluding hydrogens is 641 g/mol. The van der Waals surface area contributed by atoms with Gasteiger partial charge in [0.25, 0.3) is 0 Å². The van der Waals surface area contributed by atoms with E-state index >= 15 is 0 Å². The van der Waals surface area contributed by atoms with Gasteiger partial charge in [-0.2, -0.15) is 0 Å². The lowest BCUT2D eigenvalue weighted by Gasteiger charge is -2.11. The molecule has 0 aliphatic carbocycles. The fourth-order valence-electron chi connectivity index (χ4n) is 6.88. The van der Waals surface area contributed by atoms with Gasteiger partial charge in [-0.15, -0.1) is 0 Å². The third kappa shape index (κ3) is 5.22. The van der Waals surface area contributed by atoms with Crippen LogP contribution in [0.4, 0.5) is 0 Å². The molecule has 7 aromatic carbocycles. The number of nitrogens with zero attached hydrogens (tertiary/aromatic N) is 4. The Hall–Kier alpha value is -7.18. The first-order valence-electron chi connectivity index (χ1n) is 17.1. The Balaban J connectivity index is 1.19. The molecule has 0 amide bonds. The first-order valence-corrected chi connectivity index (χ1v) is 17.1. The van der Waals surface area contributed by atoms with Crippen LogP contribution in [-0.4, -0.2) is 19.9 Å². The molecule has 0 aliphatic heterocycles. The topological polar surface area (TPSA) is 77.8 Å². The van der Waals surface area contributed by atoms with E-state index in [-0.39, 0.29) is 0 Å². The monoisotopic (exact) mass is 668 g/mol. The second kappa shape index (κ2) is 12.3. The van der Waals surface area contributed by atoms with Crippen LogP contribution in [0.5, 0.6) is 0 Å². The van der Waals surface area contributed by atoms with Crippen molar-refractivity contribution >= 4 is 33.0 Å². The summed E-state index contributed by atoms with van der Waals surface area (Å²) >= 11 is 0. The Bertz CT molecular complexity index is 2860. The van der Waals surface area contributed by atoms with Crippen LogP contribution >= 0.6 is 0 Å². The van der Waals surface area contributed by atoms with Crippen molar-refractivity contribution in [3.05, 3.63) is 170 Å². The van der Waals surface area contributed by atoms with E-state index in [0.29, 0.717) is 23.4 Å². The normalized spacial score (nSPS) is 11.5. The minimum atomic E-state index is 0.526. The van der Waals surface area contributed by atoms with Gasteiger partial charge in [0.1, 0.15) is 16.7 Å². The predicted molar refractivity (Wildman–Crippen MR) is 207 cm³/mol. The zero-order valence-electron chi connectivity index (χ0n) is 27.8. The Morgan fingerprint density at radius 1 is 0.308 bits per heavy atom. The molecule has 0 bridgehead atoms. The number of hydrogen-bond acceptors (Lipinski definition) is 6. The Morgan fingerprint density at radius 3 is 1.54 bits per heavy atom. The lowest BCUT2D eigenvalue weighted by Crippen LogP contribution is -2.00. The van der Waals surface area contributed by atoms with E-state index in [2.05, 4.69) is 60.7 Å². The van der Waals surface area contributed by atoms with Gasteiger partial charge in [0.2, 0.25) is 5.89 Å². The van der Waals surface area contributed by atoms with Crippen LogP contribution in [0.15, 0.2) is 179 Å². The molecule has 0 N–H and O–H groups in total. The van der Waals surface area contributed by atoms with Gasteiger partial charge in [0, 0.05) is 33.0 Å². The molecule has 6 nitrogen and oxygen atoms in total. The maximum Gasteiger partial charge on any atom is 0.228 e. The van der Waals surface area contributed by atoms with Crippen LogP contribution in [0.1, 0.15) is 0 Å². The first kappa shape index (κ1) is 29.7. The maximum atomic E-state index is 6.46. The van der Waals surface area contributed by atoms with Crippen LogP contribution in [0.2, 0.25) is 0 Å². The zero-order chi connectivity index (χ0) is 34.4. The van der Waals surface area contributed by atoms with Crippen molar-refractivity contribution in [2.24, 2.45) is 0 Å². The van der Waals surface area contributed by atoms with Crippen LogP contribution in [0.25, 0.3) is 101 Å². The number of hydrogen-bond donors (Lipinski definition) is 0. The van der Waals surface area contributed by atoms with Crippen LogP contribution in [-0.2, 0) is 0 Å². The largest absolute Gasteiger partial charge is 0.456 e. The second-order valence-electron chi connectivity index (χ2n) is 12.6. The lowest BCUT2D eigenvalue weighted by molar-refractivity contribution is 0.620. The summed E-state index contributed by atoms with van der Waals surface area (Å²) < 4.78 is 12.7. The number of aromatic nitrogens is 4. The van der Waals surface area contributed by atoms with E-state index in [0.717, 1.165) is 77.5 Å². The summed E-state index contributed by atoms with van der Waals surface area (Å²) in [6, 6.07) is 57.1. The minimum absolute atomic E-state index is 0.526. The first-order chi connectivity index (χ1) is 25.7. The Kier molecular flexibility index (Phi) is 7.03. The Morgan fingerprint density at radius 2 is 0.808 bits per heavy atom. The molecule has 244 valence electrons. The quantitative estimate of drug-likeness (QED) is 0.175. The van der Waals surface area contributed by atoms with Gasteiger partial charge in [0.05, 0.1) is 0 Å². The molecule has 0 radical (unpaired) electrons. The molecule has 0 spiro atoms. The SMILES string of the molecule is c1ccc(-c2ccc(-c3nc(-c4cccc(-c5ccccc5)c4)nc(-c4cccc5oc6cccc(-c7nc8ccccc8o7)c6c45)n3)cc2)cc1. The average Bonchev–Trinajstić information content (AvgIpc) is 3.84. The van der Waals surface area contributed by atoms with Gasteiger partial charge < -0.3 is 8.83 Å². The van der Waals surface area contributed by atoms with Crippen molar-refractivity contribution in [2.75, 3.05) is 0 Å². The van der Waals surface area contributed by atoms with Crippen LogP contribution in [0, 0.1) is 0 Å². The van der Waals surface area contributed by atoms with Gasteiger partial charge in [-0.05, 0) is 58.7 Å². The standard InChI is InChI=1S/C46H28N4O2/c1-3-12-29(13-4-1)31-24-26-32(27-25-31)43-48-44(34-17-9-16-33(28-34)30-14-5-2-6-15-30)50-45(49-43)35-18-10-22-39-41(35)42-36(19-11-23-40(42)51-39)46-47-37-20-7-8-21-38(37)52-46/h1-28H. The molecule has 0 atom stereocenters. The predicted octanol–water partition coefficient (Wildman–Crippen LogP) is 11.9. The van der Waals surface area contributed by atoms with Gasteiger partial charge >= 0.3 is 0 Å². The number of oxazole rings is 1. The van der Waals surface area contributed by atoms with Crippen molar-refractivity contribution in [1.82, 2.24) is 19.9 Å². The summed E-state index contributed by atoms with van der Waals surface area (Å²) in [5, 5.41) is 1.78. The van der Waals surface area contributed by atoms with Gasteiger partial charge in [-0.1, -0.05) is 133 Å². The zero-order valence-corrected chi connectivity index (χ0v) is 27.8. The maximum absolute atomic E-state index is 6.46. The number of furan rings is 1. The summed E-state index contributed by atoms with van der Waals surface area (Å²) in [5.41, 5.74) is 10.9. The van der Waals surface area contributed by atoms with E-state index in [9.17, 15) is 0 Å². The van der Waals surface area contributed by atoms with E-state index in [4.69, 9.17) is 28.8 Å². The number of benzene rings is 7. The second-order valence-corrected chi connectivity index (χ2v) is 12.6. The molecule has 10 aromatic rings. The molecule has 0 aliphatic rings. The molecule has 3 heterocycles. The van der Waals surface area contributed by atoms with Gasteiger partial charge in [-0.3, -0.25) is 0 Å². The van der Waals surface area contributed by atoms with Crippen molar-refractivity contribution in [1.29, 1.82) is 0 Å². The third-order valence-corrected chi connectivity index (χ3v) is 9.40. The van der Waals surface area contributed by atoms with E-state index in [1.54, 1.807) is 0 Å². The number of rotatable bonds is 6. The molecule has 0 saturated heterocycles.